The van der Waals surface area contributed by atoms with Gasteiger partial charge in [0, 0.05) is 38.8 Å². The molecule has 0 aliphatic rings. The monoisotopic (exact) mass is 476 g/mol. The van der Waals surface area contributed by atoms with Crippen molar-refractivity contribution in [2.24, 2.45) is 4.99 Å². The minimum absolute atomic E-state index is 0. The molecular formula is C20H37IN4O. The Morgan fingerprint density at radius 1 is 1.15 bits per heavy atom. The Bertz CT molecular complexity index is 539. The average molecular weight is 476 g/mol. The van der Waals surface area contributed by atoms with Crippen LogP contribution in [0.15, 0.2) is 23.2 Å². The fourth-order valence-corrected chi connectivity index (χ4v) is 2.96. The molecule has 0 saturated carbocycles. The molecule has 0 unspecified atom stereocenters. The SMILES string of the molecule is CN=C(NCCCN(C(C)C)C(C)C)NCc1ccc(C)c(OC)c1.I. The van der Waals surface area contributed by atoms with Crippen LogP contribution in [0.3, 0.4) is 0 Å². The first-order valence-electron chi connectivity index (χ1n) is 9.22. The van der Waals surface area contributed by atoms with Crippen LogP contribution in [0.25, 0.3) is 0 Å². The summed E-state index contributed by atoms with van der Waals surface area (Å²) in [5.74, 6) is 1.75. The maximum Gasteiger partial charge on any atom is 0.191 e. The number of halogens is 1. The first kappa shape index (κ1) is 25.0. The molecule has 26 heavy (non-hydrogen) atoms. The van der Waals surface area contributed by atoms with Crippen LogP contribution in [-0.4, -0.2) is 50.2 Å². The third-order valence-corrected chi connectivity index (χ3v) is 4.37. The van der Waals surface area contributed by atoms with Gasteiger partial charge >= 0.3 is 0 Å². The molecule has 0 aliphatic heterocycles. The summed E-state index contributed by atoms with van der Waals surface area (Å²) < 4.78 is 5.38. The van der Waals surface area contributed by atoms with E-state index in [1.807, 2.05) is 6.92 Å². The van der Waals surface area contributed by atoms with Gasteiger partial charge in [-0.15, -0.1) is 24.0 Å². The summed E-state index contributed by atoms with van der Waals surface area (Å²) >= 11 is 0. The number of guanidine groups is 1. The van der Waals surface area contributed by atoms with Gasteiger partial charge in [-0.2, -0.15) is 0 Å². The second kappa shape index (κ2) is 13.2. The molecule has 0 amide bonds. The molecule has 0 bridgehead atoms. The van der Waals surface area contributed by atoms with Crippen molar-refractivity contribution in [2.45, 2.75) is 59.7 Å². The topological polar surface area (TPSA) is 48.9 Å². The van der Waals surface area contributed by atoms with Gasteiger partial charge in [-0.3, -0.25) is 9.89 Å². The van der Waals surface area contributed by atoms with E-state index >= 15 is 0 Å². The average Bonchev–Trinajstić information content (AvgIpc) is 2.57. The van der Waals surface area contributed by atoms with Crippen molar-refractivity contribution in [3.63, 3.8) is 0 Å². The Kier molecular flexibility index (Phi) is 12.7. The highest BCUT2D eigenvalue weighted by Gasteiger charge is 2.12. The van der Waals surface area contributed by atoms with E-state index in [0.717, 1.165) is 43.3 Å². The Labute approximate surface area is 177 Å². The fourth-order valence-electron chi connectivity index (χ4n) is 2.96. The lowest BCUT2D eigenvalue weighted by Gasteiger charge is -2.30. The third-order valence-electron chi connectivity index (χ3n) is 4.37. The van der Waals surface area contributed by atoms with Gasteiger partial charge in [-0.1, -0.05) is 12.1 Å². The van der Waals surface area contributed by atoms with Crippen molar-refractivity contribution in [3.05, 3.63) is 29.3 Å². The highest BCUT2D eigenvalue weighted by molar-refractivity contribution is 14.0. The van der Waals surface area contributed by atoms with Crippen molar-refractivity contribution in [3.8, 4) is 5.75 Å². The summed E-state index contributed by atoms with van der Waals surface area (Å²) in [7, 11) is 3.51. The lowest BCUT2D eigenvalue weighted by molar-refractivity contribution is 0.173. The maximum absolute atomic E-state index is 5.38. The summed E-state index contributed by atoms with van der Waals surface area (Å²) in [6, 6.07) is 7.42. The first-order chi connectivity index (χ1) is 11.9. The van der Waals surface area contributed by atoms with E-state index in [4.69, 9.17) is 4.74 Å². The van der Waals surface area contributed by atoms with Crippen LogP contribution < -0.4 is 15.4 Å². The molecule has 1 aromatic carbocycles. The minimum Gasteiger partial charge on any atom is -0.496 e. The summed E-state index contributed by atoms with van der Waals surface area (Å²) in [5, 5.41) is 6.75. The number of rotatable bonds is 9. The largest absolute Gasteiger partial charge is 0.496 e. The minimum atomic E-state index is 0. The molecule has 0 aliphatic carbocycles. The Hall–Kier alpha value is -1.02. The van der Waals surface area contributed by atoms with Gasteiger partial charge in [-0.25, -0.2) is 0 Å². The second-order valence-corrected chi connectivity index (χ2v) is 6.94. The van der Waals surface area contributed by atoms with Gasteiger partial charge in [-0.05, 0) is 58.2 Å². The fraction of sp³-hybridized carbons (Fsp3) is 0.650. The van der Waals surface area contributed by atoms with Crippen LogP contribution in [0.2, 0.25) is 0 Å². The molecule has 0 fully saturated rings. The van der Waals surface area contributed by atoms with Gasteiger partial charge in [0.2, 0.25) is 0 Å². The Morgan fingerprint density at radius 2 is 1.81 bits per heavy atom. The lowest BCUT2D eigenvalue weighted by atomic mass is 10.1. The molecule has 0 atom stereocenters. The molecular weight excluding hydrogens is 439 g/mol. The molecule has 6 heteroatoms. The standard InChI is InChI=1S/C20H36N4O.HI/c1-15(2)24(16(3)4)12-8-11-22-20(21-6)23-14-18-10-9-17(5)19(13-18)25-7;/h9-10,13,15-16H,8,11-12,14H2,1-7H3,(H2,21,22,23);1H. The molecule has 0 spiro atoms. The van der Waals surface area contributed by atoms with E-state index in [2.05, 4.69) is 66.4 Å². The molecule has 1 rings (SSSR count). The van der Waals surface area contributed by atoms with Gasteiger partial charge < -0.3 is 15.4 Å². The summed E-state index contributed by atoms with van der Waals surface area (Å²) in [4.78, 5) is 6.81. The van der Waals surface area contributed by atoms with Crippen molar-refractivity contribution in [1.82, 2.24) is 15.5 Å². The van der Waals surface area contributed by atoms with E-state index in [-0.39, 0.29) is 24.0 Å². The van der Waals surface area contributed by atoms with Crippen molar-refractivity contribution >= 4 is 29.9 Å². The number of nitrogens with zero attached hydrogens (tertiary/aromatic N) is 2. The number of aryl methyl sites for hydroxylation is 1. The van der Waals surface area contributed by atoms with Crippen LogP contribution in [0.4, 0.5) is 0 Å². The number of nitrogens with one attached hydrogen (secondary N) is 2. The highest BCUT2D eigenvalue weighted by atomic mass is 127. The summed E-state index contributed by atoms with van der Waals surface area (Å²) in [5.41, 5.74) is 2.32. The van der Waals surface area contributed by atoms with E-state index in [1.54, 1.807) is 14.2 Å². The number of aliphatic imine (C=N–C) groups is 1. The Morgan fingerprint density at radius 3 is 2.35 bits per heavy atom. The normalized spacial score (nSPS) is 11.7. The molecule has 0 radical (unpaired) electrons. The van der Waals surface area contributed by atoms with Crippen LogP contribution in [0.1, 0.15) is 45.2 Å². The van der Waals surface area contributed by atoms with Gasteiger partial charge in [0.05, 0.1) is 7.11 Å². The zero-order valence-electron chi connectivity index (χ0n) is 17.4. The van der Waals surface area contributed by atoms with E-state index in [0.29, 0.717) is 12.1 Å². The van der Waals surface area contributed by atoms with E-state index in [9.17, 15) is 0 Å². The van der Waals surface area contributed by atoms with E-state index < -0.39 is 0 Å². The molecule has 1 aromatic rings. The number of methoxy groups -OCH3 is 1. The number of hydrogen-bond acceptors (Lipinski definition) is 3. The zero-order chi connectivity index (χ0) is 18.8. The Balaban J connectivity index is 0.00000625. The van der Waals surface area contributed by atoms with Crippen LogP contribution in [0.5, 0.6) is 5.75 Å². The van der Waals surface area contributed by atoms with Gasteiger partial charge in [0.1, 0.15) is 5.75 Å². The van der Waals surface area contributed by atoms with Crippen molar-refractivity contribution in [2.75, 3.05) is 27.2 Å². The summed E-state index contributed by atoms with van der Waals surface area (Å²) in [6.07, 6.45) is 1.09. The predicted molar refractivity (Wildman–Crippen MR) is 123 cm³/mol. The highest BCUT2D eigenvalue weighted by Crippen LogP contribution is 2.18. The second-order valence-electron chi connectivity index (χ2n) is 6.94. The predicted octanol–water partition coefficient (Wildman–Crippen LogP) is 3.80. The van der Waals surface area contributed by atoms with Crippen LogP contribution in [-0.2, 0) is 6.54 Å². The maximum atomic E-state index is 5.38. The smallest absolute Gasteiger partial charge is 0.191 e. The number of benzene rings is 1. The van der Waals surface area contributed by atoms with Gasteiger partial charge in [0.25, 0.3) is 0 Å². The molecule has 0 saturated heterocycles. The molecule has 5 nitrogen and oxygen atoms in total. The lowest BCUT2D eigenvalue weighted by Crippen LogP contribution is -2.41. The third kappa shape index (κ3) is 8.58. The quantitative estimate of drug-likeness (QED) is 0.247. The zero-order valence-corrected chi connectivity index (χ0v) is 19.8. The first-order valence-corrected chi connectivity index (χ1v) is 9.22. The molecule has 2 N–H and O–H groups in total. The number of ether oxygens (including phenoxy) is 1. The number of hydrogen-bond donors (Lipinski definition) is 2. The van der Waals surface area contributed by atoms with E-state index in [1.165, 1.54) is 5.56 Å². The van der Waals surface area contributed by atoms with Crippen LogP contribution >= 0.6 is 24.0 Å². The molecule has 150 valence electrons. The van der Waals surface area contributed by atoms with Gasteiger partial charge in [0.15, 0.2) is 5.96 Å². The molecule has 0 heterocycles. The van der Waals surface area contributed by atoms with Crippen molar-refractivity contribution < 1.29 is 4.74 Å². The summed E-state index contributed by atoms with van der Waals surface area (Å²) in [6.45, 7) is 13.8. The molecule has 0 aromatic heterocycles. The van der Waals surface area contributed by atoms with Crippen LogP contribution in [0, 0.1) is 6.92 Å². The van der Waals surface area contributed by atoms with Crippen molar-refractivity contribution in [1.29, 1.82) is 0 Å².